The fourth-order valence-corrected chi connectivity index (χ4v) is 4.26. The van der Waals surface area contributed by atoms with Crippen LogP contribution in [0, 0.1) is 17.8 Å². The Labute approximate surface area is 126 Å². The number of nitrogens with one attached hydrogen (secondary N) is 1. The molecule has 1 fully saturated rings. The number of carbonyl (C=O) groups excluding carboxylic acids is 1. The molecule has 3 atom stereocenters. The zero-order chi connectivity index (χ0) is 14.4. The summed E-state index contributed by atoms with van der Waals surface area (Å²) >= 11 is 1.49. The van der Waals surface area contributed by atoms with Gasteiger partial charge in [-0.05, 0) is 42.9 Å². The summed E-state index contributed by atoms with van der Waals surface area (Å²) in [5.74, 6) is 2.05. The second-order valence-corrected chi connectivity index (χ2v) is 6.76. The molecule has 0 radical (unpaired) electrons. The van der Waals surface area contributed by atoms with E-state index in [-0.39, 0.29) is 11.8 Å². The van der Waals surface area contributed by atoms with E-state index in [0.29, 0.717) is 17.0 Å². The summed E-state index contributed by atoms with van der Waals surface area (Å²) in [5, 5.41) is 3.67. The van der Waals surface area contributed by atoms with Crippen molar-refractivity contribution in [1.82, 2.24) is 4.98 Å². The van der Waals surface area contributed by atoms with Crippen LogP contribution in [0.25, 0.3) is 10.2 Å². The number of rotatable bonds is 3. The number of anilines is 1. The molecule has 2 bridgehead atoms. The third kappa shape index (κ3) is 2.21. The number of thiazole rings is 1. The minimum absolute atomic E-state index is 0.109. The molecule has 1 amide bonds. The minimum Gasteiger partial charge on any atom is -0.497 e. The van der Waals surface area contributed by atoms with Crippen molar-refractivity contribution in [2.75, 3.05) is 12.4 Å². The summed E-state index contributed by atoms with van der Waals surface area (Å²) < 4.78 is 6.24. The maximum absolute atomic E-state index is 12.4. The molecule has 0 saturated heterocycles. The van der Waals surface area contributed by atoms with Gasteiger partial charge in [0.2, 0.25) is 5.91 Å². The van der Waals surface area contributed by atoms with Gasteiger partial charge in [-0.2, -0.15) is 0 Å². The number of amides is 1. The van der Waals surface area contributed by atoms with Gasteiger partial charge >= 0.3 is 0 Å². The van der Waals surface area contributed by atoms with Crippen LogP contribution in [0.2, 0.25) is 0 Å². The lowest BCUT2D eigenvalue weighted by Crippen LogP contribution is -2.25. The highest BCUT2D eigenvalue weighted by molar-refractivity contribution is 7.22. The fourth-order valence-electron chi connectivity index (χ4n) is 3.37. The van der Waals surface area contributed by atoms with Crippen molar-refractivity contribution in [3.63, 3.8) is 0 Å². The van der Waals surface area contributed by atoms with Crippen molar-refractivity contribution >= 4 is 32.6 Å². The zero-order valence-corrected chi connectivity index (χ0v) is 12.5. The topological polar surface area (TPSA) is 51.2 Å². The average molecular weight is 300 g/mol. The van der Waals surface area contributed by atoms with Crippen LogP contribution in [-0.4, -0.2) is 18.0 Å². The molecule has 2 aliphatic rings. The lowest BCUT2D eigenvalue weighted by molar-refractivity contribution is -0.120. The molecule has 2 aromatic rings. The highest BCUT2D eigenvalue weighted by Gasteiger charge is 2.39. The maximum Gasteiger partial charge on any atom is 0.229 e. The second kappa shape index (κ2) is 4.84. The minimum atomic E-state index is 0.109. The van der Waals surface area contributed by atoms with Gasteiger partial charge in [0.25, 0.3) is 0 Å². The molecule has 4 nitrogen and oxygen atoms in total. The predicted octanol–water partition coefficient (Wildman–Crippen LogP) is 3.46. The van der Waals surface area contributed by atoms with E-state index < -0.39 is 0 Å². The van der Waals surface area contributed by atoms with Crippen molar-refractivity contribution in [2.45, 2.75) is 12.8 Å². The van der Waals surface area contributed by atoms with Gasteiger partial charge in [-0.3, -0.25) is 4.79 Å². The van der Waals surface area contributed by atoms with Crippen molar-refractivity contribution < 1.29 is 9.53 Å². The molecular weight excluding hydrogens is 284 g/mol. The van der Waals surface area contributed by atoms with Crippen molar-refractivity contribution in [2.24, 2.45) is 17.8 Å². The predicted molar refractivity (Wildman–Crippen MR) is 83.6 cm³/mol. The molecule has 4 rings (SSSR count). The molecule has 5 heteroatoms. The van der Waals surface area contributed by atoms with Gasteiger partial charge in [-0.1, -0.05) is 23.5 Å². The maximum atomic E-state index is 12.4. The van der Waals surface area contributed by atoms with Crippen molar-refractivity contribution in [3.8, 4) is 5.75 Å². The summed E-state index contributed by atoms with van der Waals surface area (Å²) in [4.78, 5) is 16.9. The first-order valence-electron chi connectivity index (χ1n) is 7.16. The standard InChI is InChI=1S/C16H16N2O2S/c1-20-11-4-5-13-14(8-11)21-16(17-13)18-15(19)12-7-9-2-3-10(12)6-9/h2-5,8-10,12H,6-7H2,1H3,(H,17,18,19). The Kier molecular flexibility index (Phi) is 2.96. The number of methoxy groups -OCH3 is 1. The molecule has 0 aliphatic heterocycles. The molecular formula is C16H16N2O2S. The second-order valence-electron chi connectivity index (χ2n) is 5.73. The van der Waals surface area contributed by atoms with E-state index in [4.69, 9.17) is 4.74 Å². The third-order valence-corrected chi connectivity index (χ3v) is 5.38. The lowest BCUT2D eigenvalue weighted by atomic mass is 9.93. The fraction of sp³-hybridized carbons (Fsp3) is 0.375. The number of fused-ring (bicyclic) bond motifs is 3. The Bertz CT molecular complexity index is 737. The van der Waals surface area contributed by atoms with Gasteiger partial charge in [0, 0.05) is 5.92 Å². The Morgan fingerprint density at radius 1 is 1.38 bits per heavy atom. The number of nitrogens with zero attached hydrogens (tertiary/aromatic N) is 1. The van der Waals surface area contributed by atoms with Gasteiger partial charge in [0.15, 0.2) is 5.13 Å². The monoisotopic (exact) mass is 300 g/mol. The Balaban J connectivity index is 1.54. The van der Waals surface area contributed by atoms with E-state index in [1.165, 1.54) is 11.3 Å². The molecule has 1 saturated carbocycles. The molecule has 108 valence electrons. The van der Waals surface area contributed by atoms with Gasteiger partial charge in [-0.15, -0.1) is 0 Å². The normalized spacial score (nSPS) is 26.4. The van der Waals surface area contributed by atoms with Crippen LogP contribution in [0.3, 0.4) is 0 Å². The molecule has 1 heterocycles. The van der Waals surface area contributed by atoms with Crippen LogP contribution in [-0.2, 0) is 4.79 Å². The molecule has 0 spiro atoms. The first-order chi connectivity index (χ1) is 10.2. The highest BCUT2D eigenvalue weighted by Crippen LogP contribution is 2.44. The van der Waals surface area contributed by atoms with Crippen LogP contribution in [0.15, 0.2) is 30.4 Å². The molecule has 1 aromatic carbocycles. The van der Waals surface area contributed by atoms with Crippen molar-refractivity contribution in [1.29, 1.82) is 0 Å². The molecule has 3 unspecified atom stereocenters. The molecule has 1 aromatic heterocycles. The third-order valence-electron chi connectivity index (χ3n) is 4.44. The van der Waals surface area contributed by atoms with E-state index in [1.807, 2.05) is 18.2 Å². The van der Waals surface area contributed by atoms with Crippen LogP contribution >= 0.6 is 11.3 Å². The summed E-state index contributed by atoms with van der Waals surface area (Å²) in [6, 6.07) is 5.75. The van der Waals surface area contributed by atoms with Crippen LogP contribution in [0.4, 0.5) is 5.13 Å². The number of hydrogen-bond acceptors (Lipinski definition) is 4. The number of benzene rings is 1. The Hall–Kier alpha value is -1.88. The van der Waals surface area contributed by atoms with Gasteiger partial charge in [0.05, 0.1) is 17.3 Å². The summed E-state index contributed by atoms with van der Waals surface area (Å²) in [6.45, 7) is 0. The van der Waals surface area contributed by atoms with Gasteiger partial charge in [-0.25, -0.2) is 4.98 Å². The first-order valence-corrected chi connectivity index (χ1v) is 7.98. The lowest BCUT2D eigenvalue weighted by Gasteiger charge is -2.16. The number of carbonyl (C=O) groups is 1. The SMILES string of the molecule is COc1ccc2nc(NC(=O)C3CC4C=CC3C4)sc2c1. The first kappa shape index (κ1) is 12.8. The van der Waals surface area contributed by atoms with E-state index in [2.05, 4.69) is 22.5 Å². The molecule has 21 heavy (non-hydrogen) atoms. The van der Waals surface area contributed by atoms with Crippen LogP contribution < -0.4 is 10.1 Å². The van der Waals surface area contributed by atoms with Gasteiger partial charge < -0.3 is 10.1 Å². The average Bonchev–Trinajstić information content (AvgIpc) is 3.20. The number of allylic oxidation sites excluding steroid dienone is 2. The van der Waals surface area contributed by atoms with E-state index >= 15 is 0 Å². The number of aromatic nitrogens is 1. The van der Waals surface area contributed by atoms with Crippen molar-refractivity contribution in [3.05, 3.63) is 30.4 Å². The summed E-state index contributed by atoms with van der Waals surface area (Å²) in [5.41, 5.74) is 0.893. The Morgan fingerprint density at radius 2 is 2.29 bits per heavy atom. The Morgan fingerprint density at radius 3 is 3.00 bits per heavy atom. The van der Waals surface area contributed by atoms with Crippen LogP contribution in [0.1, 0.15) is 12.8 Å². The summed E-state index contributed by atoms with van der Waals surface area (Å²) in [7, 11) is 1.65. The molecule has 1 N–H and O–H groups in total. The summed E-state index contributed by atoms with van der Waals surface area (Å²) in [6.07, 6.45) is 6.56. The highest BCUT2D eigenvalue weighted by atomic mass is 32.1. The zero-order valence-electron chi connectivity index (χ0n) is 11.7. The van der Waals surface area contributed by atoms with Gasteiger partial charge in [0.1, 0.15) is 5.75 Å². The van der Waals surface area contributed by atoms with Crippen LogP contribution in [0.5, 0.6) is 5.75 Å². The number of hydrogen-bond donors (Lipinski definition) is 1. The van der Waals surface area contributed by atoms with E-state index in [0.717, 1.165) is 28.8 Å². The molecule has 2 aliphatic carbocycles. The van der Waals surface area contributed by atoms with E-state index in [9.17, 15) is 4.79 Å². The number of ether oxygens (including phenoxy) is 1. The smallest absolute Gasteiger partial charge is 0.229 e. The quantitative estimate of drug-likeness (QED) is 0.883. The largest absolute Gasteiger partial charge is 0.497 e. The van der Waals surface area contributed by atoms with E-state index in [1.54, 1.807) is 7.11 Å².